The molecule has 0 bridgehead atoms. The van der Waals surface area contributed by atoms with E-state index in [0.29, 0.717) is 5.96 Å². The smallest absolute Gasteiger partial charge is 0.188 e. The molecule has 1 fully saturated rings. The van der Waals surface area contributed by atoms with Gasteiger partial charge in [-0.25, -0.2) is 0 Å². The van der Waals surface area contributed by atoms with Gasteiger partial charge < -0.3 is 21.1 Å². The summed E-state index contributed by atoms with van der Waals surface area (Å²) in [5.74, 6) is 0.586. The lowest BCUT2D eigenvalue weighted by Gasteiger charge is -2.29. The zero-order valence-corrected chi connectivity index (χ0v) is 14.4. The van der Waals surface area contributed by atoms with Gasteiger partial charge in [-0.05, 0) is 32.2 Å². The number of aliphatic hydroxyl groups is 1. The second kappa shape index (κ2) is 12.7. The van der Waals surface area contributed by atoms with Gasteiger partial charge in [0.1, 0.15) is 0 Å². The van der Waals surface area contributed by atoms with Crippen molar-refractivity contribution in [2.24, 2.45) is 10.7 Å². The SMILES string of the molecule is CCCCCCCCNC(N)=NCCCN1CCC(O)CC1. The number of guanidine groups is 1. The lowest BCUT2D eigenvalue weighted by Crippen LogP contribution is -2.36. The summed E-state index contributed by atoms with van der Waals surface area (Å²) in [5.41, 5.74) is 5.87. The van der Waals surface area contributed by atoms with E-state index < -0.39 is 0 Å². The fraction of sp³-hybridized carbons (Fsp3) is 0.941. The van der Waals surface area contributed by atoms with Crippen molar-refractivity contribution in [3.63, 3.8) is 0 Å². The van der Waals surface area contributed by atoms with Crippen LogP contribution in [0.25, 0.3) is 0 Å². The van der Waals surface area contributed by atoms with E-state index in [1.165, 1.54) is 38.5 Å². The van der Waals surface area contributed by atoms with Gasteiger partial charge in [-0.1, -0.05) is 39.0 Å². The van der Waals surface area contributed by atoms with Crippen LogP contribution in [0.15, 0.2) is 4.99 Å². The number of aliphatic hydroxyl groups excluding tert-OH is 1. The van der Waals surface area contributed by atoms with Gasteiger partial charge in [-0.2, -0.15) is 0 Å². The molecule has 0 aromatic heterocycles. The molecular formula is C17H36N4O. The molecule has 1 aliphatic heterocycles. The Bertz CT molecular complexity index is 288. The lowest BCUT2D eigenvalue weighted by molar-refractivity contribution is 0.0824. The number of piperidine rings is 1. The van der Waals surface area contributed by atoms with Crippen molar-refractivity contribution in [2.45, 2.75) is 70.8 Å². The molecule has 0 atom stereocenters. The molecule has 0 saturated carbocycles. The average molecular weight is 313 g/mol. The fourth-order valence-corrected chi connectivity index (χ4v) is 2.81. The van der Waals surface area contributed by atoms with Gasteiger partial charge in [0.05, 0.1) is 6.10 Å². The number of nitrogens with one attached hydrogen (secondary N) is 1. The number of hydrogen-bond donors (Lipinski definition) is 3. The van der Waals surface area contributed by atoms with Crippen LogP contribution in [0.4, 0.5) is 0 Å². The van der Waals surface area contributed by atoms with Crippen LogP contribution in [0.5, 0.6) is 0 Å². The molecule has 1 aliphatic rings. The molecule has 0 unspecified atom stereocenters. The number of aliphatic imine (C=N–C) groups is 1. The molecule has 0 aromatic carbocycles. The maximum atomic E-state index is 9.46. The highest BCUT2D eigenvalue weighted by molar-refractivity contribution is 5.77. The highest BCUT2D eigenvalue weighted by Crippen LogP contribution is 2.09. The minimum atomic E-state index is -0.0870. The summed E-state index contributed by atoms with van der Waals surface area (Å²) in [5, 5.41) is 12.7. The second-order valence-corrected chi connectivity index (χ2v) is 6.39. The van der Waals surface area contributed by atoms with Gasteiger partial charge in [0.25, 0.3) is 0 Å². The molecule has 22 heavy (non-hydrogen) atoms. The molecular weight excluding hydrogens is 276 g/mol. The maximum Gasteiger partial charge on any atom is 0.188 e. The molecule has 1 heterocycles. The van der Waals surface area contributed by atoms with Gasteiger partial charge in [-0.3, -0.25) is 4.99 Å². The normalized spacial score (nSPS) is 17.8. The van der Waals surface area contributed by atoms with Crippen LogP contribution >= 0.6 is 0 Å². The Hall–Kier alpha value is -0.810. The molecule has 4 N–H and O–H groups in total. The number of hydrogen-bond acceptors (Lipinski definition) is 3. The van der Waals surface area contributed by atoms with Crippen LogP contribution in [-0.2, 0) is 0 Å². The van der Waals surface area contributed by atoms with Gasteiger partial charge in [-0.15, -0.1) is 0 Å². The largest absolute Gasteiger partial charge is 0.393 e. The van der Waals surface area contributed by atoms with E-state index in [4.69, 9.17) is 5.73 Å². The van der Waals surface area contributed by atoms with Crippen LogP contribution < -0.4 is 11.1 Å². The standard InChI is InChI=1S/C17H36N4O/c1-2-3-4-5-6-7-11-19-17(18)20-12-8-13-21-14-9-16(22)10-15-21/h16,22H,2-15H2,1H3,(H3,18,19,20). The van der Waals surface area contributed by atoms with Crippen molar-refractivity contribution in [3.05, 3.63) is 0 Å². The summed E-state index contributed by atoms with van der Waals surface area (Å²) in [7, 11) is 0. The molecule has 1 saturated heterocycles. The summed E-state index contributed by atoms with van der Waals surface area (Å²) < 4.78 is 0. The fourth-order valence-electron chi connectivity index (χ4n) is 2.81. The van der Waals surface area contributed by atoms with Crippen molar-refractivity contribution >= 4 is 5.96 Å². The first-order valence-electron chi connectivity index (χ1n) is 9.16. The zero-order valence-electron chi connectivity index (χ0n) is 14.4. The summed E-state index contributed by atoms with van der Waals surface area (Å²) >= 11 is 0. The van der Waals surface area contributed by atoms with Crippen molar-refractivity contribution in [1.82, 2.24) is 10.2 Å². The van der Waals surface area contributed by atoms with E-state index >= 15 is 0 Å². The number of nitrogens with zero attached hydrogens (tertiary/aromatic N) is 2. The molecule has 0 aromatic rings. The van der Waals surface area contributed by atoms with E-state index in [9.17, 15) is 5.11 Å². The number of rotatable bonds is 11. The quantitative estimate of drug-likeness (QED) is 0.310. The molecule has 0 radical (unpaired) electrons. The topological polar surface area (TPSA) is 73.9 Å². The Labute approximate surface area is 136 Å². The monoisotopic (exact) mass is 312 g/mol. The predicted molar refractivity (Wildman–Crippen MR) is 94.2 cm³/mol. The van der Waals surface area contributed by atoms with E-state index in [0.717, 1.165) is 52.0 Å². The van der Waals surface area contributed by atoms with Crippen molar-refractivity contribution in [3.8, 4) is 0 Å². The number of unbranched alkanes of at least 4 members (excludes halogenated alkanes) is 5. The molecule has 1 rings (SSSR count). The summed E-state index contributed by atoms with van der Waals surface area (Å²) in [6, 6.07) is 0. The molecule has 130 valence electrons. The van der Waals surface area contributed by atoms with Crippen molar-refractivity contribution in [2.75, 3.05) is 32.7 Å². The Kier molecular flexibility index (Phi) is 11.1. The van der Waals surface area contributed by atoms with Gasteiger partial charge in [0.2, 0.25) is 0 Å². The van der Waals surface area contributed by atoms with Crippen LogP contribution in [0, 0.1) is 0 Å². The van der Waals surface area contributed by atoms with Crippen molar-refractivity contribution in [1.29, 1.82) is 0 Å². The summed E-state index contributed by atoms with van der Waals surface area (Å²) in [6.07, 6.45) is 10.6. The molecule has 0 spiro atoms. The predicted octanol–water partition coefficient (Wildman–Crippen LogP) is 2.10. The highest BCUT2D eigenvalue weighted by atomic mass is 16.3. The minimum absolute atomic E-state index is 0.0870. The number of likely N-dealkylation sites (tertiary alicyclic amines) is 1. The first kappa shape index (κ1) is 19.2. The first-order chi connectivity index (χ1) is 10.7. The lowest BCUT2D eigenvalue weighted by atomic mass is 10.1. The Morgan fingerprint density at radius 2 is 1.82 bits per heavy atom. The third kappa shape index (κ3) is 10.0. The van der Waals surface area contributed by atoms with Crippen LogP contribution in [0.2, 0.25) is 0 Å². The Morgan fingerprint density at radius 1 is 1.14 bits per heavy atom. The minimum Gasteiger partial charge on any atom is -0.393 e. The Balaban J connectivity index is 1.92. The van der Waals surface area contributed by atoms with Gasteiger partial charge in [0, 0.05) is 26.2 Å². The van der Waals surface area contributed by atoms with Crippen LogP contribution in [-0.4, -0.2) is 54.8 Å². The molecule has 5 heteroatoms. The molecule has 5 nitrogen and oxygen atoms in total. The van der Waals surface area contributed by atoms with E-state index in [-0.39, 0.29) is 6.10 Å². The molecule has 0 amide bonds. The van der Waals surface area contributed by atoms with Crippen molar-refractivity contribution < 1.29 is 5.11 Å². The van der Waals surface area contributed by atoms with E-state index in [1.807, 2.05) is 0 Å². The second-order valence-electron chi connectivity index (χ2n) is 6.39. The van der Waals surface area contributed by atoms with Crippen LogP contribution in [0.1, 0.15) is 64.7 Å². The third-order valence-corrected chi connectivity index (χ3v) is 4.31. The zero-order chi connectivity index (χ0) is 16.0. The maximum absolute atomic E-state index is 9.46. The van der Waals surface area contributed by atoms with Gasteiger partial charge >= 0.3 is 0 Å². The van der Waals surface area contributed by atoms with E-state index in [1.54, 1.807) is 0 Å². The number of nitrogens with two attached hydrogens (primary N) is 1. The molecule has 0 aliphatic carbocycles. The van der Waals surface area contributed by atoms with Gasteiger partial charge in [0.15, 0.2) is 5.96 Å². The Morgan fingerprint density at radius 3 is 2.55 bits per heavy atom. The highest BCUT2D eigenvalue weighted by Gasteiger charge is 2.15. The summed E-state index contributed by atoms with van der Waals surface area (Å²) in [6.45, 7) is 7.04. The summed E-state index contributed by atoms with van der Waals surface area (Å²) in [4.78, 5) is 6.78. The first-order valence-corrected chi connectivity index (χ1v) is 9.16. The van der Waals surface area contributed by atoms with Crippen LogP contribution in [0.3, 0.4) is 0 Å². The van der Waals surface area contributed by atoms with E-state index in [2.05, 4.69) is 22.1 Å². The third-order valence-electron chi connectivity index (χ3n) is 4.31. The average Bonchev–Trinajstić information content (AvgIpc) is 2.52.